The minimum atomic E-state index is -0.210. The number of rotatable bonds is 5. The lowest BCUT2D eigenvalue weighted by molar-refractivity contribution is 0.240. The van der Waals surface area contributed by atoms with Gasteiger partial charge >= 0.3 is 0 Å². The topological polar surface area (TPSA) is 38.1 Å². The second-order valence-corrected chi connectivity index (χ2v) is 9.25. The van der Waals surface area contributed by atoms with Gasteiger partial charge in [-0.2, -0.15) is 0 Å². The highest BCUT2D eigenvalue weighted by Crippen LogP contribution is 2.26. The molecule has 1 aliphatic rings. The fourth-order valence-electron chi connectivity index (χ4n) is 5.18. The highest BCUT2D eigenvalue weighted by atomic mass is 16.1. The van der Waals surface area contributed by atoms with Crippen molar-refractivity contribution < 1.29 is 0 Å². The predicted octanol–water partition coefficient (Wildman–Crippen LogP) is 5.59. The van der Waals surface area contributed by atoms with Crippen molar-refractivity contribution in [3.8, 4) is 0 Å². The molecule has 0 radical (unpaired) electrons. The predicted molar refractivity (Wildman–Crippen MR) is 140 cm³/mol. The molecule has 2 heterocycles. The van der Waals surface area contributed by atoms with E-state index in [0.717, 1.165) is 41.9 Å². The minimum Gasteiger partial charge on any atom is -0.294 e. The molecule has 0 bridgehead atoms. The molecule has 0 aliphatic carbocycles. The molecule has 1 aliphatic heterocycles. The molecule has 0 atom stereocenters. The number of aromatic nitrogens is 2. The summed E-state index contributed by atoms with van der Waals surface area (Å²) in [6, 6.07) is 35.3. The second kappa shape index (κ2) is 9.32. The van der Waals surface area contributed by atoms with E-state index in [0.29, 0.717) is 6.54 Å². The lowest BCUT2D eigenvalue weighted by Crippen LogP contribution is -2.38. The van der Waals surface area contributed by atoms with Crippen molar-refractivity contribution >= 4 is 10.8 Å². The van der Waals surface area contributed by atoms with E-state index in [1.54, 1.807) is 6.33 Å². The van der Waals surface area contributed by atoms with E-state index < -0.39 is 0 Å². The Hall–Kier alpha value is -4.02. The fourth-order valence-corrected chi connectivity index (χ4v) is 5.18. The van der Waals surface area contributed by atoms with Crippen molar-refractivity contribution in [2.24, 2.45) is 0 Å². The second-order valence-electron chi connectivity index (χ2n) is 9.25. The lowest BCUT2D eigenvalue weighted by atomic mass is 9.98. The van der Waals surface area contributed by atoms with Gasteiger partial charge in [0.05, 0.1) is 23.6 Å². The van der Waals surface area contributed by atoms with Crippen LogP contribution in [0.3, 0.4) is 0 Å². The molecule has 4 heteroatoms. The Labute approximate surface area is 205 Å². The van der Waals surface area contributed by atoms with Gasteiger partial charge in [-0.3, -0.25) is 14.3 Å². The molecular weight excluding hydrogens is 430 g/mol. The van der Waals surface area contributed by atoms with Crippen LogP contribution in [0.4, 0.5) is 0 Å². The first-order valence-electron chi connectivity index (χ1n) is 12.1. The van der Waals surface area contributed by atoms with E-state index in [1.165, 1.54) is 16.3 Å². The van der Waals surface area contributed by atoms with Crippen molar-refractivity contribution in [2.45, 2.75) is 25.6 Å². The molecule has 0 unspecified atom stereocenters. The van der Waals surface area contributed by atoms with Crippen LogP contribution < -0.4 is 5.56 Å². The maximum Gasteiger partial charge on any atom is 0.258 e. The van der Waals surface area contributed by atoms with Crippen LogP contribution in [0.15, 0.2) is 114 Å². The van der Waals surface area contributed by atoms with Gasteiger partial charge in [-0.15, -0.1) is 0 Å². The number of hydrogen-bond acceptors (Lipinski definition) is 3. The molecular formula is C31H27N3O. The summed E-state index contributed by atoms with van der Waals surface area (Å²) in [4.78, 5) is 21.0. The van der Waals surface area contributed by atoms with Crippen LogP contribution in [0, 0.1) is 0 Å². The molecule has 0 amide bonds. The van der Waals surface area contributed by atoms with Gasteiger partial charge in [-0.25, -0.2) is 4.98 Å². The first kappa shape index (κ1) is 21.5. The van der Waals surface area contributed by atoms with Crippen molar-refractivity contribution in [1.82, 2.24) is 14.5 Å². The molecule has 6 rings (SSSR count). The standard InChI is InChI=1S/C31H27N3O/c35-31-28-21-33(20-23-15-16-24-9-7-8-14-27(24)19-23)18-17-29(28)32-22-34(31)30(25-10-3-1-4-11-25)26-12-5-2-6-13-26/h1-16,19,22,30H,17-18,20-21H2. The summed E-state index contributed by atoms with van der Waals surface area (Å²) in [7, 11) is 0. The first-order valence-corrected chi connectivity index (χ1v) is 12.1. The van der Waals surface area contributed by atoms with Crippen LogP contribution in [0.5, 0.6) is 0 Å². The summed E-state index contributed by atoms with van der Waals surface area (Å²) in [5.41, 5.74) is 5.22. The largest absolute Gasteiger partial charge is 0.294 e. The Morgan fingerprint density at radius 3 is 2.14 bits per heavy atom. The van der Waals surface area contributed by atoms with Gasteiger partial charge in [-0.1, -0.05) is 97.1 Å². The van der Waals surface area contributed by atoms with Crippen LogP contribution in [0.1, 0.15) is 34.0 Å². The summed E-state index contributed by atoms with van der Waals surface area (Å²) in [6.07, 6.45) is 2.53. The summed E-state index contributed by atoms with van der Waals surface area (Å²) in [5.74, 6) is 0. The molecule has 0 N–H and O–H groups in total. The number of nitrogens with zero attached hydrogens (tertiary/aromatic N) is 3. The molecule has 172 valence electrons. The zero-order chi connectivity index (χ0) is 23.6. The van der Waals surface area contributed by atoms with Crippen molar-refractivity contribution in [2.75, 3.05) is 6.54 Å². The van der Waals surface area contributed by atoms with Gasteiger partial charge in [-0.05, 0) is 33.5 Å². The number of hydrogen-bond donors (Lipinski definition) is 0. The third-order valence-electron chi connectivity index (χ3n) is 6.95. The zero-order valence-corrected chi connectivity index (χ0v) is 19.5. The third kappa shape index (κ3) is 4.29. The van der Waals surface area contributed by atoms with Gasteiger partial charge in [0.2, 0.25) is 0 Å². The van der Waals surface area contributed by atoms with Crippen LogP contribution in [0.2, 0.25) is 0 Å². The summed E-state index contributed by atoms with van der Waals surface area (Å²) in [6.45, 7) is 2.33. The first-order chi connectivity index (χ1) is 17.3. The van der Waals surface area contributed by atoms with E-state index in [-0.39, 0.29) is 11.6 Å². The molecule has 0 saturated heterocycles. The number of fused-ring (bicyclic) bond motifs is 2. The molecule has 5 aromatic rings. The zero-order valence-electron chi connectivity index (χ0n) is 19.5. The van der Waals surface area contributed by atoms with Crippen LogP contribution in [0.25, 0.3) is 10.8 Å². The highest BCUT2D eigenvalue weighted by molar-refractivity contribution is 5.82. The van der Waals surface area contributed by atoms with Crippen LogP contribution in [-0.2, 0) is 19.5 Å². The summed E-state index contributed by atoms with van der Waals surface area (Å²) in [5, 5.41) is 2.50. The Kier molecular flexibility index (Phi) is 5.73. The Morgan fingerprint density at radius 2 is 1.43 bits per heavy atom. The summed E-state index contributed by atoms with van der Waals surface area (Å²) < 4.78 is 1.81. The van der Waals surface area contributed by atoms with E-state index in [1.807, 2.05) is 41.0 Å². The third-order valence-corrected chi connectivity index (χ3v) is 6.95. The van der Waals surface area contributed by atoms with Crippen LogP contribution in [-0.4, -0.2) is 21.0 Å². The Bertz CT molecular complexity index is 1490. The normalized spacial score (nSPS) is 13.7. The van der Waals surface area contributed by atoms with Crippen LogP contribution >= 0.6 is 0 Å². The lowest BCUT2D eigenvalue weighted by Gasteiger charge is -2.29. The Morgan fingerprint density at radius 1 is 0.771 bits per heavy atom. The Balaban J connectivity index is 1.34. The fraction of sp³-hybridized carbons (Fsp3) is 0.161. The maximum absolute atomic E-state index is 13.9. The molecule has 0 fully saturated rings. The van der Waals surface area contributed by atoms with Crippen molar-refractivity contribution in [3.63, 3.8) is 0 Å². The SMILES string of the molecule is O=c1c2c(ncn1C(c1ccccc1)c1ccccc1)CCN(Cc1ccc3ccccc3c1)C2. The van der Waals surface area contributed by atoms with Gasteiger partial charge in [0, 0.05) is 26.1 Å². The molecule has 4 aromatic carbocycles. The number of benzene rings is 4. The molecule has 0 spiro atoms. The van der Waals surface area contributed by atoms with Gasteiger partial charge in [0.15, 0.2) is 0 Å². The monoisotopic (exact) mass is 457 g/mol. The van der Waals surface area contributed by atoms with Gasteiger partial charge in [0.25, 0.3) is 5.56 Å². The van der Waals surface area contributed by atoms with E-state index >= 15 is 0 Å². The van der Waals surface area contributed by atoms with Gasteiger partial charge < -0.3 is 0 Å². The smallest absolute Gasteiger partial charge is 0.258 e. The average Bonchev–Trinajstić information content (AvgIpc) is 2.92. The van der Waals surface area contributed by atoms with Crippen molar-refractivity contribution in [1.29, 1.82) is 0 Å². The average molecular weight is 458 g/mol. The van der Waals surface area contributed by atoms with Gasteiger partial charge in [0.1, 0.15) is 0 Å². The van der Waals surface area contributed by atoms with Crippen molar-refractivity contribution in [3.05, 3.63) is 148 Å². The molecule has 35 heavy (non-hydrogen) atoms. The molecule has 4 nitrogen and oxygen atoms in total. The van der Waals surface area contributed by atoms with E-state index in [9.17, 15) is 4.79 Å². The van der Waals surface area contributed by atoms with E-state index in [2.05, 4.69) is 71.6 Å². The molecule has 1 aromatic heterocycles. The maximum atomic E-state index is 13.9. The minimum absolute atomic E-state index is 0.0518. The van der Waals surface area contributed by atoms with E-state index in [4.69, 9.17) is 4.98 Å². The molecule has 0 saturated carbocycles. The summed E-state index contributed by atoms with van der Waals surface area (Å²) >= 11 is 0. The highest BCUT2D eigenvalue weighted by Gasteiger charge is 2.25. The quantitative estimate of drug-likeness (QED) is 0.345.